The second-order valence-corrected chi connectivity index (χ2v) is 16.8. The molecule has 5 aliphatic rings. The molecule has 5 heteroatoms. The van der Waals surface area contributed by atoms with E-state index < -0.39 is 11.4 Å². The minimum Gasteiger partial charge on any atom is -0.508 e. The number of fused-ring (bicyclic) bond motifs is 7. The molecule has 5 nitrogen and oxygen atoms in total. The number of rotatable bonds is 4. The van der Waals surface area contributed by atoms with Gasteiger partial charge >= 0.3 is 11.9 Å². The average molecular weight is 603 g/mol. The Morgan fingerprint density at radius 1 is 0.886 bits per heavy atom. The van der Waals surface area contributed by atoms with E-state index in [0.29, 0.717) is 23.7 Å². The van der Waals surface area contributed by atoms with Crippen LogP contribution in [-0.2, 0) is 14.3 Å². The van der Waals surface area contributed by atoms with Crippen molar-refractivity contribution in [2.45, 2.75) is 112 Å². The monoisotopic (exact) mass is 602 g/mol. The average Bonchev–Trinajstić information content (AvgIpc) is 2.96. The normalized spacial score (nSPS) is 44.4. The molecule has 5 aliphatic carbocycles. The summed E-state index contributed by atoms with van der Waals surface area (Å²) in [6, 6.07) is 6.79. The van der Waals surface area contributed by atoms with E-state index in [-0.39, 0.29) is 45.4 Å². The molecule has 4 fully saturated rings. The number of carboxylic acids is 1. The summed E-state index contributed by atoms with van der Waals surface area (Å²) in [5, 5.41) is 20.2. The number of carboxylic acid groups (broad SMARTS) is 1. The highest BCUT2D eigenvalue weighted by Crippen LogP contribution is 2.75. The third kappa shape index (κ3) is 4.37. The van der Waals surface area contributed by atoms with Gasteiger partial charge in [0.25, 0.3) is 0 Å². The van der Waals surface area contributed by atoms with Gasteiger partial charge in [-0.25, -0.2) is 4.79 Å². The van der Waals surface area contributed by atoms with Crippen molar-refractivity contribution in [2.75, 3.05) is 0 Å². The highest BCUT2D eigenvalue weighted by molar-refractivity contribution is 5.87. The van der Waals surface area contributed by atoms with Gasteiger partial charge < -0.3 is 14.9 Å². The van der Waals surface area contributed by atoms with E-state index in [1.54, 1.807) is 30.3 Å². The fourth-order valence-electron chi connectivity index (χ4n) is 12.0. The van der Waals surface area contributed by atoms with E-state index in [0.717, 1.165) is 63.4 Å². The summed E-state index contributed by atoms with van der Waals surface area (Å²) in [6.45, 7) is 16.9. The number of carbonyl (C=O) groups excluding carboxylic acids is 1. The van der Waals surface area contributed by atoms with Crippen LogP contribution in [0.15, 0.2) is 42.0 Å². The molecule has 44 heavy (non-hydrogen) atoms. The van der Waals surface area contributed by atoms with E-state index >= 15 is 0 Å². The zero-order valence-electron chi connectivity index (χ0n) is 28.0. The molecule has 0 heterocycles. The van der Waals surface area contributed by atoms with Gasteiger partial charge in [-0.3, -0.25) is 4.79 Å². The Morgan fingerprint density at radius 2 is 1.59 bits per heavy atom. The Kier molecular flexibility index (Phi) is 7.49. The molecular weight excluding hydrogens is 548 g/mol. The maximum atomic E-state index is 13.0. The molecule has 0 aromatic heterocycles. The predicted octanol–water partition coefficient (Wildman–Crippen LogP) is 9.06. The summed E-state index contributed by atoms with van der Waals surface area (Å²) in [7, 11) is 0. The van der Waals surface area contributed by atoms with E-state index in [1.165, 1.54) is 11.6 Å². The van der Waals surface area contributed by atoms with Crippen molar-refractivity contribution in [3.05, 3.63) is 47.6 Å². The first-order valence-corrected chi connectivity index (χ1v) is 17.2. The minimum absolute atomic E-state index is 0.00527. The van der Waals surface area contributed by atoms with E-state index in [9.17, 15) is 19.8 Å². The minimum atomic E-state index is -0.609. The lowest BCUT2D eigenvalue weighted by Gasteiger charge is -2.71. The van der Waals surface area contributed by atoms with Gasteiger partial charge in [0.1, 0.15) is 11.9 Å². The first-order chi connectivity index (χ1) is 20.6. The number of hydrogen-bond acceptors (Lipinski definition) is 4. The van der Waals surface area contributed by atoms with Crippen LogP contribution in [0.5, 0.6) is 5.75 Å². The molecule has 0 aliphatic heterocycles. The number of aromatic hydroxyl groups is 1. The van der Waals surface area contributed by atoms with Crippen LogP contribution in [0.4, 0.5) is 0 Å². The van der Waals surface area contributed by atoms with Gasteiger partial charge in [0.15, 0.2) is 0 Å². The van der Waals surface area contributed by atoms with Crippen molar-refractivity contribution in [2.24, 2.45) is 56.7 Å². The van der Waals surface area contributed by atoms with Gasteiger partial charge in [-0.1, -0.05) is 72.2 Å². The lowest BCUT2D eigenvalue weighted by molar-refractivity contribution is -0.213. The van der Waals surface area contributed by atoms with Crippen molar-refractivity contribution in [1.29, 1.82) is 0 Å². The van der Waals surface area contributed by atoms with E-state index in [2.05, 4.69) is 54.5 Å². The Bertz CT molecular complexity index is 1370. The second-order valence-electron chi connectivity index (χ2n) is 16.8. The summed E-state index contributed by atoms with van der Waals surface area (Å²) in [5.41, 5.74) is 1.81. The molecule has 0 spiro atoms. The van der Waals surface area contributed by atoms with Gasteiger partial charge in [0.05, 0.1) is 5.41 Å². The van der Waals surface area contributed by atoms with Crippen LogP contribution in [0.3, 0.4) is 0 Å². The summed E-state index contributed by atoms with van der Waals surface area (Å²) in [5.74, 6) is 1.34. The Balaban J connectivity index is 1.27. The Hall–Kier alpha value is -2.56. The maximum absolute atomic E-state index is 13.0. The number of hydrogen-bond donors (Lipinski definition) is 2. The Labute approximate surface area is 264 Å². The third-order valence-corrected chi connectivity index (χ3v) is 14.9. The lowest BCUT2D eigenvalue weighted by Crippen LogP contribution is -2.65. The molecule has 0 unspecified atom stereocenters. The topological polar surface area (TPSA) is 83.8 Å². The number of allylic oxidation sites excluding steroid dienone is 2. The molecular formula is C39H54O5. The molecule has 2 N–H and O–H groups in total. The highest BCUT2D eigenvalue weighted by atomic mass is 16.5. The summed E-state index contributed by atoms with van der Waals surface area (Å²) in [4.78, 5) is 26.0. The fraction of sp³-hybridized carbons (Fsp3) is 0.692. The van der Waals surface area contributed by atoms with Crippen LogP contribution in [-0.4, -0.2) is 28.3 Å². The molecule has 6 rings (SSSR count). The number of esters is 1. The number of phenols is 1. The molecule has 0 radical (unpaired) electrons. The quantitative estimate of drug-likeness (QED) is 0.204. The summed E-state index contributed by atoms with van der Waals surface area (Å²) < 4.78 is 6.18. The number of carbonyl (C=O) groups is 2. The molecule has 4 saturated carbocycles. The standard InChI is InChI=1S/C39H54O5/c1-24-16-21-39(34(42)43)23-22-37(6)28(33(39)25(24)2)13-14-30-36(5)19-18-31(35(3,4)29(36)17-20-38(30,37)7)44-32(41)15-10-26-8-11-27(40)12-9-26/h8-13,15,24-25,29-31,33,40H,14,16-23H2,1-7H3,(H,42,43)/t24-,25+,29-,30-,31+,33-,36+,37-,38-,39+/m1/s1. The largest absolute Gasteiger partial charge is 0.508 e. The van der Waals surface area contributed by atoms with Crippen molar-refractivity contribution in [1.82, 2.24) is 0 Å². The lowest BCUT2D eigenvalue weighted by atomic mass is 9.33. The van der Waals surface area contributed by atoms with Gasteiger partial charge in [0.2, 0.25) is 0 Å². The van der Waals surface area contributed by atoms with Gasteiger partial charge in [0, 0.05) is 11.5 Å². The second kappa shape index (κ2) is 10.5. The fourth-order valence-corrected chi connectivity index (χ4v) is 12.0. The zero-order chi connectivity index (χ0) is 31.9. The van der Waals surface area contributed by atoms with Gasteiger partial charge in [-0.05, 0) is 127 Å². The Morgan fingerprint density at radius 3 is 2.27 bits per heavy atom. The number of phenolic OH excluding ortho intramolecular Hbond substituents is 1. The summed E-state index contributed by atoms with van der Waals surface area (Å²) >= 11 is 0. The smallest absolute Gasteiger partial charge is 0.331 e. The number of ether oxygens (including phenoxy) is 1. The zero-order valence-corrected chi connectivity index (χ0v) is 28.0. The van der Waals surface area contributed by atoms with E-state index in [1.807, 2.05) is 0 Å². The van der Waals surface area contributed by atoms with Crippen LogP contribution >= 0.6 is 0 Å². The van der Waals surface area contributed by atoms with Crippen molar-refractivity contribution >= 4 is 18.0 Å². The summed E-state index contributed by atoms with van der Waals surface area (Å²) in [6.07, 6.45) is 14.4. The molecule has 10 atom stereocenters. The first kappa shape index (κ1) is 31.4. The van der Waals surface area contributed by atoms with Gasteiger partial charge in [-0.2, -0.15) is 0 Å². The SMILES string of the molecule is C[C@H]1[C@H](C)CC[C@]2(C(=O)O)CC[C@]3(C)C(=CC[C@@H]4[C@@]5(C)CC[C@H](OC(=O)C=Cc6ccc(O)cc6)C(C)(C)[C@H]5CC[C@]43C)[C@@H]12. The van der Waals surface area contributed by atoms with Crippen LogP contribution in [0.1, 0.15) is 112 Å². The molecule has 0 saturated heterocycles. The first-order valence-electron chi connectivity index (χ1n) is 17.2. The maximum Gasteiger partial charge on any atom is 0.331 e. The molecule has 0 bridgehead atoms. The van der Waals surface area contributed by atoms with Crippen molar-refractivity contribution in [3.63, 3.8) is 0 Å². The van der Waals surface area contributed by atoms with E-state index in [4.69, 9.17) is 4.74 Å². The molecule has 1 aromatic carbocycles. The molecule has 0 amide bonds. The molecule has 240 valence electrons. The number of benzene rings is 1. The number of aliphatic carboxylic acids is 1. The van der Waals surface area contributed by atoms with Crippen LogP contribution in [0, 0.1) is 56.7 Å². The highest BCUT2D eigenvalue weighted by Gasteiger charge is 2.69. The van der Waals surface area contributed by atoms with Crippen LogP contribution in [0.25, 0.3) is 6.08 Å². The predicted molar refractivity (Wildman–Crippen MR) is 174 cm³/mol. The third-order valence-electron chi connectivity index (χ3n) is 14.9. The molecule has 1 aromatic rings. The van der Waals surface area contributed by atoms with Gasteiger partial charge in [-0.15, -0.1) is 0 Å². The van der Waals surface area contributed by atoms with Crippen molar-refractivity contribution in [3.8, 4) is 5.75 Å². The van der Waals surface area contributed by atoms with Crippen LogP contribution < -0.4 is 0 Å². The van der Waals surface area contributed by atoms with Crippen LogP contribution in [0.2, 0.25) is 0 Å². The van der Waals surface area contributed by atoms with Crippen molar-refractivity contribution < 1.29 is 24.5 Å².